The summed E-state index contributed by atoms with van der Waals surface area (Å²) in [5, 5.41) is 0. The third kappa shape index (κ3) is 2.31. The summed E-state index contributed by atoms with van der Waals surface area (Å²) in [5.74, 6) is -0.192. The minimum Gasteiger partial charge on any atom is -0.490 e. The van der Waals surface area contributed by atoms with Gasteiger partial charge in [-0.15, -0.1) is 0 Å². The van der Waals surface area contributed by atoms with E-state index in [4.69, 9.17) is 10.5 Å². The lowest BCUT2D eigenvalue weighted by atomic mass is 10.3. The Hall–Kier alpha value is -1.91. The van der Waals surface area contributed by atoms with Crippen LogP contribution in [0.25, 0.3) is 0 Å². The fourth-order valence-corrected chi connectivity index (χ4v) is 1.16. The summed E-state index contributed by atoms with van der Waals surface area (Å²) in [7, 11) is 0. The molecular weight excluding hydrogens is 196 g/mol. The predicted octanol–water partition coefficient (Wildman–Crippen LogP) is 0.534. The Kier molecular flexibility index (Phi) is 2.37. The maximum absolute atomic E-state index is 10.9. The molecule has 0 aromatic carbocycles. The number of carbonyl (C=O) groups is 2. The highest BCUT2D eigenvalue weighted by atomic mass is 16.5. The summed E-state index contributed by atoms with van der Waals surface area (Å²) < 4.78 is 5.45. The van der Waals surface area contributed by atoms with Gasteiger partial charge in [0, 0.05) is 12.1 Å². The Morgan fingerprint density at radius 2 is 2.27 bits per heavy atom. The lowest BCUT2D eigenvalue weighted by Crippen LogP contribution is -2.14. The highest BCUT2D eigenvalue weighted by Crippen LogP contribution is 2.27. The van der Waals surface area contributed by atoms with E-state index in [1.165, 1.54) is 12.1 Å². The molecule has 1 saturated carbocycles. The third-order valence-electron chi connectivity index (χ3n) is 2.02. The van der Waals surface area contributed by atoms with E-state index < -0.39 is 5.91 Å². The maximum Gasteiger partial charge on any atom is 0.267 e. The first-order valence-corrected chi connectivity index (χ1v) is 4.63. The van der Waals surface area contributed by atoms with Crippen molar-refractivity contribution in [2.45, 2.75) is 18.9 Å². The zero-order valence-corrected chi connectivity index (χ0v) is 7.97. The van der Waals surface area contributed by atoms with Crippen molar-refractivity contribution in [2.75, 3.05) is 0 Å². The molecule has 0 aliphatic heterocycles. The Morgan fingerprint density at radius 1 is 1.53 bits per heavy atom. The van der Waals surface area contributed by atoms with Crippen LogP contribution >= 0.6 is 0 Å². The van der Waals surface area contributed by atoms with Gasteiger partial charge in [-0.25, -0.2) is 4.98 Å². The monoisotopic (exact) mass is 206 g/mol. The van der Waals surface area contributed by atoms with Gasteiger partial charge < -0.3 is 10.5 Å². The number of nitrogens with two attached hydrogens (primary N) is 1. The van der Waals surface area contributed by atoms with Crippen LogP contribution in [-0.4, -0.2) is 23.3 Å². The van der Waals surface area contributed by atoms with Crippen molar-refractivity contribution >= 4 is 12.2 Å². The van der Waals surface area contributed by atoms with E-state index in [0.717, 1.165) is 12.8 Å². The van der Waals surface area contributed by atoms with E-state index in [1.54, 1.807) is 0 Å². The summed E-state index contributed by atoms with van der Waals surface area (Å²) in [6, 6.07) is 2.95. The lowest BCUT2D eigenvalue weighted by Gasteiger charge is -2.05. The summed E-state index contributed by atoms with van der Waals surface area (Å²) in [5.41, 5.74) is 5.29. The molecule has 0 bridgehead atoms. The van der Waals surface area contributed by atoms with Gasteiger partial charge in [-0.2, -0.15) is 0 Å². The molecule has 1 amide bonds. The van der Waals surface area contributed by atoms with Gasteiger partial charge in [-0.3, -0.25) is 9.59 Å². The smallest absolute Gasteiger partial charge is 0.267 e. The second kappa shape index (κ2) is 3.68. The SMILES string of the molecule is NC(=O)c1cc(OC2CC2)cc(C=O)n1. The molecule has 1 heterocycles. The molecule has 5 heteroatoms. The molecule has 1 fully saturated rings. The second-order valence-electron chi connectivity index (χ2n) is 3.41. The molecule has 78 valence electrons. The Balaban J connectivity index is 2.31. The van der Waals surface area contributed by atoms with Gasteiger partial charge in [0.2, 0.25) is 0 Å². The Morgan fingerprint density at radius 3 is 2.80 bits per heavy atom. The highest BCUT2D eigenvalue weighted by molar-refractivity contribution is 5.92. The normalized spacial score (nSPS) is 14.7. The average Bonchev–Trinajstić information content (AvgIpc) is 3.01. The molecule has 15 heavy (non-hydrogen) atoms. The van der Waals surface area contributed by atoms with Gasteiger partial charge in [0.25, 0.3) is 5.91 Å². The minimum absolute atomic E-state index is 0.0512. The number of nitrogens with zero attached hydrogens (tertiary/aromatic N) is 1. The van der Waals surface area contributed by atoms with Gasteiger partial charge in [-0.05, 0) is 12.8 Å². The van der Waals surface area contributed by atoms with Gasteiger partial charge in [-0.1, -0.05) is 0 Å². The molecule has 2 N–H and O–H groups in total. The molecular formula is C10H10N2O3. The van der Waals surface area contributed by atoms with Crippen LogP contribution in [0.3, 0.4) is 0 Å². The number of aldehydes is 1. The summed E-state index contributed by atoms with van der Waals surface area (Å²) >= 11 is 0. The van der Waals surface area contributed by atoms with Gasteiger partial charge in [0.1, 0.15) is 17.1 Å². The van der Waals surface area contributed by atoms with Crippen molar-refractivity contribution in [3.05, 3.63) is 23.5 Å². The molecule has 0 spiro atoms. The fraction of sp³-hybridized carbons (Fsp3) is 0.300. The van der Waals surface area contributed by atoms with Crippen LogP contribution in [0, 0.1) is 0 Å². The number of pyridine rings is 1. The van der Waals surface area contributed by atoms with E-state index in [1.807, 2.05) is 0 Å². The second-order valence-corrected chi connectivity index (χ2v) is 3.41. The average molecular weight is 206 g/mol. The maximum atomic E-state index is 10.9. The van der Waals surface area contributed by atoms with Crippen LogP contribution in [0.1, 0.15) is 33.8 Å². The molecule has 0 radical (unpaired) electrons. The summed E-state index contributed by atoms with van der Waals surface area (Å²) in [6.45, 7) is 0. The van der Waals surface area contributed by atoms with Crippen LogP contribution in [0.2, 0.25) is 0 Å². The van der Waals surface area contributed by atoms with E-state index in [2.05, 4.69) is 4.98 Å². The zero-order chi connectivity index (χ0) is 10.8. The number of hydrogen-bond donors (Lipinski definition) is 1. The minimum atomic E-state index is -0.667. The first-order valence-electron chi connectivity index (χ1n) is 4.63. The number of rotatable bonds is 4. The predicted molar refractivity (Wildman–Crippen MR) is 51.8 cm³/mol. The quantitative estimate of drug-likeness (QED) is 0.728. The Labute approximate surface area is 86.2 Å². The first kappa shape index (κ1) is 9.64. The fourth-order valence-electron chi connectivity index (χ4n) is 1.16. The molecule has 1 aliphatic rings. The number of hydrogen-bond acceptors (Lipinski definition) is 4. The van der Waals surface area contributed by atoms with Crippen molar-refractivity contribution in [1.82, 2.24) is 4.98 Å². The number of carbonyl (C=O) groups excluding carboxylic acids is 2. The third-order valence-corrected chi connectivity index (χ3v) is 2.02. The van der Waals surface area contributed by atoms with Crippen molar-refractivity contribution in [1.29, 1.82) is 0 Å². The number of ether oxygens (including phenoxy) is 1. The molecule has 1 aromatic heterocycles. The standard InChI is InChI=1S/C10H10N2O3/c11-10(14)9-4-8(15-7-1-2-7)3-6(5-13)12-9/h3-5,7H,1-2H2,(H2,11,14). The molecule has 2 rings (SSSR count). The molecule has 0 atom stereocenters. The van der Waals surface area contributed by atoms with Gasteiger partial charge in [0.15, 0.2) is 6.29 Å². The highest BCUT2D eigenvalue weighted by Gasteiger charge is 2.24. The van der Waals surface area contributed by atoms with Crippen LogP contribution in [-0.2, 0) is 0 Å². The molecule has 1 aromatic rings. The largest absolute Gasteiger partial charge is 0.490 e. The van der Waals surface area contributed by atoms with Crippen molar-refractivity contribution in [3.63, 3.8) is 0 Å². The van der Waals surface area contributed by atoms with Gasteiger partial charge in [0.05, 0.1) is 6.10 Å². The number of aromatic nitrogens is 1. The van der Waals surface area contributed by atoms with Crippen molar-refractivity contribution in [3.8, 4) is 5.75 Å². The Bertz CT molecular complexity index is 413. The molecule has 5 nitrogen and oxygen atoms in total. The topological polar surface area (TPSA) is 82.3 Å². The van der Waals surface area contributed by atoms with Crippen molar-refractivity contribution < 1.29 is 14.3 Å². The van der Waals surface area contributed by atoms with Gasteiger partial charge >= 0.3 is 0 Å². The van der Waals surface area contributed by atoms with E-state index in [-0.39, 0.29) is 17.5 Å². The molecule has 0 saturated heterocycles. The van der Waals surface area contributed by atoms with Crippen LogP contribution in [0.5, 0.6) is 5.75 Å². The lowest BCUT2D eigenvalue weighted by molar-refractivity contribution is 0.0995. The van der Waals surface area contributed by atoms with E-state index in [0.29, 0.717) is 12.0 Å². The zero-order valence-electron chi connectivity index (χ0n) is 7.97. The van der Waals surface area contributed by atoms with Crippen molar-refractivity contribution in [2.24, 2.45) is 5.73 Å². The number of primary amides is 1. The van der Waals surface area contributed by atoms with Crippen LogP contribution in [0.4, 0.5) is 0 Å². The number of amides is 1. The molecule has 1 aliphatic carbocycles. The summed E-state index contributed by atoms with van der Waals surface area (Å²) in [4.78, 5) is 25.2. The van der Waals surface area contributed by atoms with Crippen LogP contribution in [0.15, 0.2) is 12.1 Å². The first-order chi connectivity index (χ1) is 7.19. The van der Waals surface area contributed by atoms with E-state index in [9.17, 15) is 9.59 Å². The van der Waals surface area contributed by atoms with E-state index >= 15 is 0 Å². The summed E-state index contributed by atoms with van der Waals surface area (Å²) in [6.07, 6.45) is 2.77. The van der Waals surface area contributed by atoms with Crippen LogP contribution < -0.4 is 10.5 Å². The molecule has 0 unspecified atom stereocenters.